The summed E-state index contributed by atoms with van der Waals surface area (Å²) in [5.41, 5.74) is 12.1. The van der Waals surface area contributed by atoms with Crippen LogP contribution in [-0.4, -0.2) is 26.1 Å². The van der Waals surface area contributed by atoms with Crippen LogP contribution < -0.4 is 0 Å². The van der Waals surface area contributed by atoms with Crippen molar-refractivity contribution in [1.82, 2.24) is 9.97 Å². The van der Waals surface area contributed by atoms with Gasteiger partial charge in [-0.1, -0.05) is 65.5 Å². The summed E-state index contributed by atoms with van der Waals surface area (Å²) in [6, 6.07) is 24.5. The molecule has 0 aliphatic heterocycles. The maximum absolute atomic E-state index is 4.74. The van der Waals surface area contributed by atoms with Gasteiger partial charge in [0.05, 0.1) is 11.0 Å². The number of rotatable bonds is 6. The predicted octanol–water partition coefficient (Wildman–Crippen LogP) is 9.89. The molecule has 0 saturated carbocycles. The Kier molecular flexibility index (Phi) is 8.13. The van der Waals surface area contributed by atoms with Crippen molar-refractivity contribution in [3.8, 4) is 22.9 Å². The van der Waals surface area contributed by atoms with Crippen molar-refractivity contribution in [3.05, 3.63) is 72.1 Å². The number of nitrogens with zero attached hydrogens (tertiary/aromatic N) is 2. The van der Waals surface area contributed by atoms with Crippen LogP contribution in [0.25, 0.3) is 43.4 Å². The number of benzene rings is 3. The van der Waals surface area contributed by atoms with E-state index in [0.717, 1.165) is 32.9 Å². The van der Waals surface area contributed by atoms with Crippen molar-refractivity contribution >= 4 is 59.5 Å². The second kappa shape index (κ2) is 11.6. The van der Waals surface area contributed by atoms with Gasteiger partial charge in [0.15, 0.2) is 0 Å². The maximum atomic E-state index is 4.74. The van der Waals surface area contributed by atoms with Gasteiger partial charge in [0.1, 0.15) is 16.1 Å². The summed E-state index contributed by atoms with van der Waals surface area (Å²) in [6.07, 6.45) is 3.76. The fourth-order valence-electron chi connectivity index (χ4n) is 6.05. The van der Waals surface area contributed by atoms with E-state index >= 15 is 0 Å². The van der Waals surface area contributed by atoms with E-state index < -0.39 is 16.1 Å². The molecule has 0 aliphatic rings. The highest BCUT2D eigenvalue weighted by Gasteiger charge is 2.26. The van der Waals surface area contributed by atoms with Gasteiger partial charge in [-0.3, -0.25) is 9.97 Å². The zero-order valence-corrected chi connectivity index (χ0v) is 26.9. The Morgan fingerprint density at radius 3 is 1.23 bits per heavy atom. The Bertz CT molecular complexity index is 1590. The summed E-state index contributed by atoms with van der Waals surface area (Å²) in [7, 11) is -3.32. The molecule has 0 atom stereocenters. The van der Waals surface area contributed by atoms with Crippen LogP contribution >= 0.6 is 0 Å². The minimum Gasteiger partial charge on any atom is -0.256 e. The molecule has 0 N–H and O–H groups in total. The highest BCUT2D eigenvalue weighted by molar-refractivity contribution is 6.87. The van der Waals surface area contributed by atoms with Crippen molar-refractivity contribution in [3.63, 3.8) is 0 Å². The number of aromatic nitrogens is 2. The van der Waals surface area contributed by atoms with Crippen LogP contribution in [0.5, 0.6) is 0 Å². The Morgan fingerprint density at radius 1 is 0.525 bits per heavy atom. The average molecular weight is 557 g/mol. The number of hydrogen-bond acceptors (Lipinski definition) is 2. The Balaban J connectivity index is 1.99. The van der Waals surface area contributed by atoms with Gasteiger partial charge < -0.3 is 0 Å². The van der Waals surface area contributed by atoms with Crippen molar-refractivity contribution in [2.75, 3.05) is 0 Å². The van der Waals surface area contributed by atoms with Crippen molar-refractivity contribution < 1.29 is 0 Å². The first-order chi connectivity index (χ1) is 19.5. The lowest BCUT2D eigenvalue weighted by atomic mass is 9.90. The highest BCUT2D eigenvalue weighted by Crippen LogP contribution is 2.37. The Hall–Kier alpha value is -3.45. The van der Waals surface area contributed by atoms with Crippen LogP contribution in [-0.2, 0) is 0 Å². The molecule has 0 bridgehead atoms. The summed E-state index contributed by atoms with van der Waals surface area (Å²) in [4.78, 5) is 9.47. The van der Waals surface area contributed by atoms with E-state index in [-0.39, 0.29) is 0 Å². The normalized spacial score (nSPS) is 11.9. The zero-order valence-electron chi connectivity index (χ0n) is 24.9. The summed E-state index contributed by atoms with van der Waals surface area (Å²) >= 11 is 0. The molecule has 2 heterocycles. The molecule has 4 heteroatoms. The molecule has 0 spiro atoms. The molecule has 0 radical (unpaired) electrons. The Morgan fingerprint density at radius 2 is 0.875 bits per heavy atom. The van der Waals surface area contributed by atoms with Gasteiger partial charge in [0.2, 0.25) is 0 Å². The lowest BCUT2D eigenvalue weighted by Crippen LogP contribution is -2.29. The zero-order chi connectivity index (χ0) is 28.3. The topological polar surface area (TPSA) is 25.8 Å². The molecule has 0 amide bonds. The number of pyridine rings is 2. The lowest BCUT2D eigenvalue weighted by molar-refractivity contribution is 1.20. The molecule has 3 aromatic carbocycles. The highest BCUT2D eigenvalue weighted by atomic mass is 28.3. The van der Waals surface area contributed by atoms with Crippen LogP contribution in [0.15, 0.2) is 60.9 Å². The van der Waals surface area contributed by atoms with Gasteiger partial charge in [0.25, 0.3) is 0 Å². The SMILES string of the molecule is CC[Si](C#Cc1c2cc3cccnc3cc2c(C#C[Si](CC)(CC)CC)c2cc3cccnc3cc12)(CC)CC. The standard InChI is InChI=1S/C36H40N2Si2/c1-7-39(8-2,9-3)21-17-29-31-23-27-15-13-20-38-36(27)26-34(31)30(18-22-40(10-4,11-5)12-6)32-24-28-16-14-19-37-35(28)25-33(29)32/h13-16,19-20,23-26H,7-12H2,1-6H3. The molecule has 0 fully saturated rings. The fourth-order valence-corrected chi connectivity index (χ4v) is 10.9. The molecule has 0 saturated heterocycles. The largest absolute Gasteiger partial charge is 0.256 e. The third-order valence-corrected chi connectivity index (χ3v) is 19.0. The van der Waals surface area contributed by atoms with Gasteiger partial charge in [0, 0.05) is 45.1 Å². The summed E-state index contributed by atoms with van der Waals surface area (Å²) in [6.45, 7) is 13.9. The van der Waals surface area contributed by atoms with Gasteiger partial charge in [-0.15, -0.1) is 11.1 Å². The van der Waals surface area contributed by atoms with E-state index in [2.05, 4.69) is 101 Å². The van der Waals surface area contributed by atoms with E-state index in [1.165, 1.54) is 57.8 Å². The first kappa shape index (κ1) is 28.1. The summed E-state index contributed by atoms with van der Waals surface area (Å²) in [5.74, 6) is 7.62. The molecular formula is C36H40N2Si2. The third-order valence-electron chi connectivity index (χ3n) is 9.53. The second-order valence-electron chi connectivity index (χ2n) is 11.1. The van der Waals surface area contributed by atoms with Crippen molar-refractivity contribution in [2.45, 2.75) is 77.8 Å². The molecule has 202 valence electrons. The molecule has 2 aromatic heterocycles. The maximum Gasteiger partial charge on any atom is 0.138 e. The van der Waals surface area contributed by atoms with Crippen molar-refractivity contribution in [1.29, 1.82) is 0 Å². The number of hydrogen-bond donors (Lipinski definition) is 0. The smallest absolute Gasteiger partial charge is 0.138 e. The molecule has 5 rings (SSSR count). The van der Waals surface area contributed by atoms with E-state index in [1.807, 2.05) is 24.5 Å². The molecule has 0 aliphatic carbocycles. The van der Waals surface area contributed by atoms with Gasteiger partial charge in [-0.25, -0.2) is 0 Å². The van der Waals surface area contributed by atoms with Crippen LogP contribution in [0.4, 0.5) is 0 Å². The van der Waals surface area contributed by atoms with E-state index in [0.29, 0.717) is 0 Å². The molecular weight excluding hydrogens is 517 g/mol. The van der Waals surface area contributed by atoms with Crippen LogP contribution in [0.3, 0.4) is 0 Å². The van der Waals surface area contributed by atoms with Gasteiger partial charge >= 0.3 is 0 Å². The Labute approximate surface area is 241 Å². The first-order valence-corrected chi connectivity index (χ1v) is 20.3. The van der Waals surface area contributed by atoms with Crippen LogP contribution in [0.2, 0.25) is 36.3 Å². The van der Waals surface area contributed by atoms with Gasteiger partial charge in [-0.05, 0) is 83.4 Å². The minimum atomic E-state index is -1.66. The fraction of sp³-hybridized carbons (Fsp3) is 0.333. The first-order valence-electron chi connectivity index (χ1n) is 15.0. The number of fused-ring (bicyclic) bond motifs is 4. The molecule has 0 unspecified atom stereocenters. The van der Waals surface area contributed by atoms with Crippen LogP contribution in [0.1, 0.15) is 52.7 Å². The molecule has 2 nitrogen and oxygen atoms in total. The van der Waals surface area contributed by atoms with E-state index in [4.69, 9.17) is 9.97 Å². The quantitative estimate of drug-likeness (QED) is 0.118. The van der Waals surface area contributed by atoms with Crippen molar-refractivity contribution in [2.24, 2.45) is 0 Å². The monoisotopic (exact) mass is 556 g/mol. The molecule has 5 aromatic rings. The predicted molar refractivity (Wildman–Crippen MR) is 180 cm³/mol. The van der Waals surface area contributed by atoms with E-state index in [9.17, 15) is 0 Å². The third kappa shape index (κ3) is 4.96. The average Bonchev–Trinajstić information content (AvgIpc) is 3.01. The lowest BCUT2D eigenvalue weighted by Gasteiger charge is -2.21. The van der Waals surface area contributed by atoms with Crippen LogP contribution in [0, 0.1) is 22.9 Å². The van der Waals surface area contributed by atoms with E-state index in [1.54, 1.807) is 0 Å². The molecule has 40 heavy (non-hydrogen) atoms. The summed E-state index contributed by atoms with van der Waals surface area (Å²) in [5, 5.41) is 6.98. The van der Waals surface area contributed by atoms with Gasteiger partial charge in [-0.2, -0.15) is 0 Å². The second-order valence-corrected chi connectivity index (χ2v) is 21.0. The summed E-state index contributed by atoms with van der Waals surface area (Å²) < 4.78 is 0. The minimum absolute atomic E-state index is 1.00.